The van der Waals surface area contributed by atoms with Gasteiger partial charge in [0.25, 0.3) is 0 Å². The van der Waals surface area contributed by atoms with Gasteiger partial charge in [-0.2, -0.15) is 0 Å². The third-order valence-electron chi connectivity index (χ3n) is 4.63. The first-order chi connectivity index (χ1) is 12.7. The highest BCUT2D eigenvalue weighted by atomic mass is 16.7. The van der Waals surface area contributed by atoms with Crippen molar-refractivity contribution < 1.29 is 14.3 Å². The summed E-state index contributed by atoms with van der Waals surface area (Å²) in [5.74, 6) is 0.722. The predicted octanol–water partition coefficient (Wildman–Crippen LogP) is 2.68. The minimum Gasteiger partial charge on any atom is -0.356 e. The molecule has 3 aromatic rings. The molecule has 4 rings (SSSR count). The number of piperidine rings is 1. The number of benzene rings is 1. The summed E-state index contributed by atoms with van der Waals surface area (Å²) in [5.41, 5.74) is 1.73. The van der Waals surface area contributed by atoms with Gasteiger partial charge in [0.1, 0.15) is 12.0 Å². The standard InChI is InChI=1S/C19H20N4O3/c1-12(25-2)26-17-9-14(24)7-8-23(17)19-21-11-13-10-20-16-6-4-3-5-15(16)18(13)22-19/h3-6,10-12,17H,7-9H2,1-2H3. The minimum absolute atomic E-state index is 0.171. The summed E-state index contributed by atoms with van der Waals surface area (Å²) in [4.78, 5) is 27.6. The van der Waals surface area contributed by atoms with Crippen molar-refractivity contribution in [3.8, 4) is 0 Å². The fourth-order valence-corrected chi connectivity index (χ4v) is 3.18. The number of carbonyl (C=O) groups is 1. The quantitative estimate of drug-likeness (QED) is 0.528. The number of carbonyl (C=O) groups excluding carboxylic acids is 1. The number of hydrogen-bond donors (Lipinski definition) is 0. The van der Waals surface area contributed by atoms with Gasteiger partial charge in [0.15, 0.2) is 6.29 Å². The number of nitrogens with zero attached hydrogens (tertiary/aromatic N) is 4. The largest absolute Gasteiger partial charge is 0.356 e. The Labute approximate surface area is 151 Å². The highest BCUT2D eigenvalue weighted by molar-refractivity contribution is 6.02. The smallest absolute Gasteiger partial charge is 0.227 e. The third-order valence-corrected chi connectivity index (χ3v) is 4.63. The van der Waals surface area contributed by atoms with Crippen molar-refractivity contribution in [3.63, 3.8) is 0 Å². The summed E-state index contributed by atoms with van der Waals surface area (Å²) in [5, 5.41) is 1.85. The Bertz CT molecular complexity index is 962. The number of anilines is 1. The van der Waals surface area contributed by atoms with E-state index in [0.717, 1.165) is 21.8 Å². The number of ketones is 1. The number of methoxy groups -OCH3 is 1. The van der Waals surface area contributed by atoms with Gasteiger partial charge in [0.05, 0.1) is 17.5 Å². The van der Waals surface area contributed by atoms with Crippen LogP contribution < -0.4 is 4.90 Å². The second kappa shape index (κ2) is 6.93. The van der Waals surface area contributed by atoms with Crippen molar-refractivity contribution in [3.05, 3.63) is 36.7 Å². The Morgan fingerprint density at radius 3 is 2.88 bits per heavy atom. The maximum atomic E-state index is 11.9. The molecule has 0 N–H and O–H groups in total. The van der Waals surface area contributed by atoms with Crippen LogP contribution in [0.3, 0.4) is 0 Å². The zero-order valence-electron chi connectivity index (χ0n) is 14.8. The van der Waals surface area contributed by atoms with E-state index in [1.54, 1.807) is 26.4 Å². The van der Waals surface area contributed by atoms with Crippen LogP contribution in [0.2, 0.25) is 0 Å². The van der Waals surface area contributed by atoms with Gasteiger partial charge in [-0.1, -0.05) is 18.2 Å². The molecule has 1 fully saturated rings. The van der Waals surface area contributed by atoms with E-state index < -0.39 is 12.5 Å². The molecule has 0 aliphatic carbocycles. The van der Waals surface area contributed by atoms with E-state index in [9.17, 15) is 4.79 Å². The van der Waals surface area contributed by atoms with Gasteiger partial charge in [-0.25, -0.2) is 9.97 Å². The number of ether oxygens (including phenoxy) is 2. The Morgan fingerprint density at radius 1 is 1.23 bits per heavy atom. The summed E-state index contributed by atoms with van der Waals surface area (Å²) in [7, 11) is 1.57. The Hall–Kier alpha value is -2.64. The van der Waals surface area contributed by atoms with E-state index in [2.05, 4.69) is 9.97 Å². The average Bonchev–Trinajstić information content (AvgIpc) is 2.67. The molecular formula is C19H20N4O3. The minimum atomic E-state index is -0.434. The summed E-state index contributed by atoms with van der Waals surface area (Å²) < 4.78 is 11.1. The molecule has 2 aromatic heterocycles. The number of Topliss-reactive ketones (excluding diaryl/α,β-unsaturated/α-hetero) is 1. The van der Waals surface area contributed by atoms with Gasteiger partial charge in [-0.3, -0.25) is 9.78 Å². The summed E-state index contributed by atoms with van der Waals surface area (Å²) in [6.45, 7) is 2.33. The molecule has 0 saturated carbocycles. The fourth-order valence-electron chi connectivity index (χ4n) is 3.18. The monoisotopic (exact) mass is 352 g/mol. The Balaban J connectivity index is 1.76. The summed E-state index contributed by atoms with van der Waals surface area (Å²) >= 11 is 0. The van der Waals surface area contributed by atoms with E-state index in [1.165, 1.54) is 0 Å². The fraction of sp³-hybridized carbons (Fsp3) is 0.368. The lowest BCUT2D eigenvalue weighted by Crippen LogP contribution is -2.47. The molecule has 7 heteroatoms. The van der Waals surface area contributed by atoms with Crippen LogP contribution in [0.5, 0.6) is 0 Å². The molecule has 1 aliphatic rings. The van der Waals surface area contributed by atoms with E-state index in [-0.39, 0.29) is 5.78 Å². The van der Waals surface area contributed by atoms with Crippen LogP contribution in [0.1, 0.15) is 19.8 Å². The maximum absolute atomic E-state index is 11.9. The van der Waals surface area contributed by atoms with Crippen LogP contribution in [0.4, 0.5) is 5.95 Å². The normalized spacial score (nSPS) is 19.2. The molecule has 0 amide bonds. The number of rotatable bonds is 4. The van der Waals surface area contributed by atoms with Gasteiger partial charge in [0.2, 0.25) is 5.95 Å². The predicted molar refractivity (Wildman–Crippen MR) is 97.8 cm³/mol. The van der Waals surface area contributed by atoms with Gasteiger partial charge in [-0.15, -0.1) is 0 Å². The number of pyridine rings is 1. The van der Waals surface area contributed by atoms with E-state index >= 15 is 0 Å². The molecule has 3 heterocycles. The van der Waals surface area contributed by atoms with Crippen LogP contribution >= 0.6 is 0 Å². The van der Waals surface area contributed by atoms with Crippen LogP contribution in [-0.4, -0.2) is 46.9 Å². The summed E-state index contributed by atoms with van der Waals surface area (Å²) in [6.07, 6.45) is 3.45. The third kappa shape index (κ3) is 3.11. The molecule has 0 spiro atoms. The molecule has 1 aliphatic heterocycles. The van der Waals surface area contributed by atoms with Gasteiger partial charge in [0, 0.05) is 43.2 Å². The first kappa shape index (κ1) is 16.8. The number of fused-ring (bicyclic) bond motifs is 3. The average molecular weight is 352 g/mol. The van der Waals surface area contributed by atoms with Gasteiger partial charge >= 0.3 is 0 Å². The molecule has 2 unspecified atom stereocenters. The van der Waals surface area contributed by atoms with Crippen molar-refractivity contribution in [2.45, 2.75) is 32.3 Å². The SMILES string of the molecule is COC(C)OC1CC(=O)CCN1c1ncc2cnc3ccccc3c2n1. The second-order valence-corrected chi connectivity index (χ2v) is 6.33. The lowest BCUT2D eigenvalue weighted by Gasteiger charge is -2.35. The van der Waals surface area contributed by atoms with Gasteiger partial charge < -0.3 is 14.4 Å². The second-order valence-electron chi connectivity index (χ2n) is 6.33. The number of para-hydroxylation sites is 1. The first-order valence-corrected chi connectivity index (χ1v) is 8.63. The Morgan fingerprint density at radius 2 is 2.04 bits per heavy atom. The van der Waals surface area contributed by atoms with Crippen LogP contribution in [0, 0.1) is 0 Å². The van der Waals surface area contributed by atoms with Crippen molar-refractivity contribution >= 4 is 33.5 Å². The number of aromatic nitrogens is 3. The molecule has 2 atom stereocenters. The van der Waals surface area contributed by atoms with Crippen molar-refractivity contribution in [1.82, 2.24) is 15.0 Å². The van der Waals surface area contributed by atoms with Crippen LogP contribution in [0.25, 0.3) is 21.8 Å². The molecule has 0 radical (unpaired) electrons. The lowest BCUT2D eigenvalue weighted by atomic mass is 10.1. The molecule has 7 nitrogen and oxygen atoms in total. The van der Waals surface area contributed by atoms with E-state index in [1.807, 2.05) is 29.2 Å². The maximum Gasteiger partial charge on any atom is 0.227 e. The molecule has 26 heavy (non-hydrogen) atoms. The van der Waals surface area contributed by atoms with Crippen molar-refractivity contribution in [2.24, 2.45) is 0 Å². The molecule has 0 bridgehead atoms. The highest BCUT2D eigenvalue weighted by Crippen LogP contribution is 2.26. The van der Waals surface area contributed by atoms with Gasteiger partial charge in [-0.05, 0) is 13.0 Å². The van der Waals surface area contributed by atoms with Crippen molar-refractivity contribution in [1.29, 1.82) is 0 Å². The molecule has 134 valence electrons. The number of hydrogen-bond acceptors (Lipinski definition) is 7. The molecule has 1 saturated heterocycles. The van der Waals surface area contributed by atoms with E-state index in [0.29, 0.717) is 25.3 Å². The lowest BCUT2D eigenvalue weighted by molar-refractivity contribution is -0.155. The zero-order valence-corrected chi connectivity index (χ0v) is 14.8. The highest BCUT2D eigenvalue weighted by Gasteiger charge is 2.31. The van der Waals surface area contributed by atoms with Crippen LogP contribution in [-0.2, 0) is 14.3 Å². The van der Waals surface area contributed by atoms with E-state index in [4.69, 9.17) is 14.5 Å². The Kier molecular flexibility index (Phi) is 4.48. The topological polar surface area (TPSA) is 77.4 Å². The zero-order chi connectivity index (χ0) is 18.1. The summed E-state index contributed by atoms with van der Waals surface area (Å²) in [6, 6.07) is 7.89. The molecule has 1 aromatic carbocycles. The van der Waals surface area contributed by atoms with Crippen molar-refractivity contribution in [2.75, 3.05) is 18.6 Å². The van der Waals surface area contributed by atoms with Crippen LogP contribution in [0.15, 0.2) is 36.7 Å². The first-order valence-electron chi connectivity index (χ1n) is 8.63. The molecular weight excluding hydrogens is 332 g/mol.